The fourth-order valence-corrected chi connectivity index (χ4v) is 4.86. The molecule has 1 aromatic heterocycles. The van der Waals surface area contributed by atoms with Crippen LogP contribution >= 0.6 is 0 Å². The number of fused-ring (bicyclic) bond motifs is 1. The molecule has 3 heterocycles. The van der Waals surface area contributed by atoms with Gasteiger partial charge in [-0.3, -0.25) is 4.90 Å². The normalized spacial score (nSPS) is 17.9. The Hall–Kier alpha value is -2.92. The molecule has 0 amide bonds. The van der Waals surface area contributed by atoms with Gasteiger partial charge in [-0.1, -0.05) is 17.3 Å². The molecule has 0 unspecified atom stereocenters. The Bertz CT molecular complexity index is 1140. The second-order valence-corrected chi connectivity index (χ2v) is 9.25. The maximum absolute atomic E-state index is 8.94. The van der Waals surface area contributed by atoms with Crippen molar-refractivity contribution in [2.24, 2.45) is 5.92 Å². The number of ether oxygens (including phenoxy) is 3. The Kier molecular flexibility index (Phi) is 7.10. The largest absolute Gasteiger partial charge is 0.488 e. The molecule has 0 spiro atoms. The minimum absolute atomic E-state index is 0.0423. The van der Waals surface area contributed by atoms with Crippen LogP contribution < -0.4 is 4.74 Å². The van der Waals surface area contributed by atoms with Crippen LogP contribution in [0.1, 0.15) is 41.6 Å². The van der Waals surface area contributed by atoms with Crippen molar-refractivity contribution in [2.75, 3.05) is 32.8 Å². The number of rotatable bonds is 8. The standard InChI is InChI=1S/C27H31N3O4/c1-19-25(33-18-22-4-2-21(16-28)3-5-22)9-7-23-24(29-34-27(19)23)8-6-20-10-12-30(13-11-20)17-26-31-14-15-32-26/h2-5,7,9,20,26H,6,8,10-15,17-18H2,1H3. The average Bonchev–Trinajstić information content (AvgIpc) is 3.54. The molecule has 5 rings (SSSR count). The molecule has 7 nitrogen and oxygen atoms in total. The highest BCUT2D eigenvalue weighted by atomic mass is 16.7. The summed E-state index contributed by atoms with van der Waals surface area (Å²) in [6.45, 7) is 6.98. The maximum Gasteiger partial charge on any atom is 0.173 e. The number of hydrogen-bond acceptors (Lipinski definition) is 7. The summed E-state index contributed by atoms with van der Waals surface area (Å²) in [5, 5.41) is 14.4. The van der Waals surface area contributed by atoms with Crippen LogP contribution in [0.4, 0.5) is 0 Å². The Labute approximate surface area is 200 Å². The van der Waals surface area contributed by atoms with E-state index in [-0.39, 0.29) is 6.29 Å². The summed E-state index contributed by atoms with van der Waals surface area (Å²) in [7, 11) is 0. The fourth-order valence-electron chi connectivity index (χ4n) is 4.86. The Morgan fingerprint density at radius 2 is 1.85 bits per heavy atom. The summed E-state index contributed by atoms with van der Waals surface area (Å²) in [6.07, 6.45) is 4.42. The van der Waals surface area contributed by atoms with Crippen molar-refractivity contribution in [2.45, 2.75) is 45.5 Å². The number of aromatic nitrogens is 1. The molecular formula is C27H31N3O4. The van der Waals surface area contributed by atoms with Crippen LogP contribution in [-0.2, 0) is 22.5 Å². The summed E-state index contributed by atoms with van der Waals surface area (Å²) in [5.41, 5.74) is 4.47. The first-order valence-corrected chi connectivity index (χ1v) is 12.1. The van der Waals surface area contributed by atoms with E-state index in [0.717, 1.165) is 79.2 Å². The van der Waals surface area contributed by atoms with Crippen molar-refractivity contribution in [1.82, 2.24) is 10.1 Å². The van der Waals surface area contributed by atoms with Gasteiger partial charge in [0.25, 0.3) is 0 Å². The Morgan fingerprint density at radius 1 is 1.09 bits per heavy atom. The van der Waals surface area contributed by atoms with Gasteiger partial charge >= 0.3 is 0 Å². The van der Waals surface area contributed by atoms with E-state index >= 15 is 0 Å². The molecule has 0 bridgehead atoms. The molecule has 178 valence electrons. The van der Waals surface area contributed by atoms with E-state index in [9.17, 15) is 0 Å². The smallest absolute Gasteiger partial charge is 0.173 e. The number of nitriles is 1. The first-order valence-electron chi connectivity index (χ1n) is 12.1. The third-order valence-corrected chi connectivity index (χ3v) is 6.99. The minimum atomic E-state index is -0.0423. The van der Waals surface area contributed by atoms with Gasteiger partial charge in [-0.2, -0.15) is 5.26 Å². The zero-order valence-electron chi connectivity index (χ0n) is 19.7. The molecule has 0 atom stereocenters. The molecule has 34 heavy (non-hydrogen) atoms. The third-order valence-electron chi connectivity index (χ3n) is 6.99. The van der Waals surface area contributed by atoms with Crippen LogP contribution in [0.2, 0.25) is 0 Å². The van der Waals surface area contributed by atoms with Gasteiger partial charge < -0.3 is 18.7 Å². The van der Waals surface area contributed by atoms with Crippen molar-refractivity contribution >= 4 is 11.0 Å². The van der Waals surface area contributed by atoms with Crippen molar-refractivity contribution in [1.29, 1.82) is 5.26 Å². The summed E-state index contributed by atoms with van der Waals surface area (Å²) >= 11 is 0. The van der Waals surface area contributed by atoms with Gasteiger partial charge in [0, 0.05) is 17.5 Å². The number of hydrogen-bond donors (Lipinski definition) is 0. The summed E-state index contributed by atoms with van der Waals surface area (Å²) in [6, 6.07) is 13.6. The lowest BCUT2D eigenvalue weighted by Crippen LogP contribution is -2.39. The van der Waals surface area contributed by atoms with E-state index in [0.29, 0.717) is 18.1 Å². The van der Waals surface area contributed by atoms with Crippen LogP contribution in [0.25, 0.3) is 11.0 Å². The lowest BCUT2D eigenvalue weighted by molar-refractivity contribution is -0.0661. The minimum Gasteiger partial charge on any atom is -0.488 e. The number of nitrogens with zero attached hydrogens (tertiary/aromatic N) is 3. The third kappa shape index (κ3) is 5.25. The molecular weight excluding hydrogens is 430 g/mol. The second-order valence-electron chi connectivity index (χ2n) is 9.25. The van der Waals surface area contributed by atoms with Crippen molar-refractivity contribution < 1.29 is 18.7 Å². The second kappa shape index (κ2) is 10.6. The lowest BCUT2D eigenvalue weighted by atomic mass is 9.91. The Balaban J connectivity index is 1.14. The summed E-state index contributed by atoms with van der Waals surface area (Å²) < 4.78 is 22.9. The topological polar surface area (TPSA) is 80.8 Å². The van der Waals surface area contributed by atoms with Gasteiger partial charge in [0.2, 0.25) is 0 Å². The zero-order valence-corrected chi connectivity index (χ0v) is 19.7. The maximum atomic E-state index is 8.94. The van der Waals surface area contributed by atoms with E-state index in [2.05, 4.69) is 22.2 Å². The zero-order chi connectivity index (χ0) is 23.3. The van der Waals surface area contributed by atoms with Crippen molar-refractivity contribution in [3.63, 3.8) is 0 Å². The molecule has 0 radical (unpaired) electrons. The summed E-state index contributed by atoms with van der Waals surface area (Å²) in [4.78, 5) is 2.46. The van der Waals surface area contributed by atoms with Gasteiger partial charge in [0.15, 0.2) is 11.9 Å². The van der Waals surface area contributed by atoms with E-state index in [1.54, 1.807) is 12.1 Å². The van der Waals surface area contributed by atoms with Gasteiger partial charge in [-0.05, 0) is 81.4 Å². The van der Waals surface area contributed by atoms with E-state index in [1.807, 2.05) is 25.1 Å². The van der Waals surface area contributed by atoms with E-state index < -0.39 is 0 Å². The van der Waals surface area contributed by atoms with E-state index in [4.69, 9.17) is 24.0 Å². The van der Waals surface area contributed by atoms with Crippen LogP contribution in [0.3, 0.4) is 0 Å². The van der Waals surface area contributed by atoms with Crippen LogP contribution in [-0.4, -0.2) is 49.2 Å². The number of likely N-dealkylation sites (tertiary alicyclic amines) is 1. The highest BCUT2D eigenvalue weighted by molar-refractivity contribution is 5.84. The summed E-state index contributed by atoms with van der Waals surface area (Å²) in [5.74, 6) is 1.51. The van der Waals surface area contributed by atoms with Crippen molar-refractivity contribution in [3.8, 4) is 11.8 Å². The number of aryl methyl sites for hydroxylation is 2. The molecule has 7 heteroatoms. The predicted molar refractivity (Wildman–Crippen MR) is 127 cm³/mol. The first-order chi connectivity index (χ1) is 16.7. The molecule has 3 aromatic rings. The Morgan fingerprint density at radius 3 is 2.59 bits per heavy atom. The number of benzene rings is 2. The van der Waals surface area contributed by atoms with E-state index in [1.165, 1.54) is 12.8 Å². The highest BCUT2D eigenvalue weighted by Crippen LogP contribution is 2.31. The van der Waals surface area contributed by atoms with Gasteiger partial charge in [0.05, 0.1) is 30.5 Å². The van der Waals surface area contributed by atoms with Gasteiger partial charge in [-0.25, -0.2) is 0 Å². The highest BCUT2D eigenvalue weighted by Gasteiger charge is 2.25. The molecule has 2 aliphatic heterocycles. The first kappa shape index (κ1) is 22.9. The molecule has 2 fully saturated rings. The van der Waals surface area contributed by atoms with Crippen molar-refractivity contribution in [3.05, 3.63) is 58.8 Å². The number of piperidine rings is 1. The fraction of sp³-hybridized carbons (Fsp3) is 0.481. The molecule has 0 saturated carbocycles. The van der Waals surface area contributed by atoms with Gasteiger partial charge in [0.1, 0.15) is 12.4 Å². The quantitative estimate of drug-likeness (QED) is 0.485. The molecule has 0 aliphatic carbocycles. The van der Waals surface area contributed by atoms with Crippen LogP contribution in [0.5, 0.6) is 5.75 Å². The molecule has 2 aliphatic rings. The van der Waals surface area contributed by atoms with Crippen LogP contribution in [0, 0.1) is 24.2 Å². The SMILES string of the molecule is Cc1c(OCc2ccc(C#N)cc2)ccc2c(CCC3CCN(CC4OCCO4)CC3)noc12. The molecule has 2 saturated heterocycles. The average molecular weight is 462 g/mol. The van der Waals surface area contributed by atoms with Crippen LogP contribution in [0.15, 0.2) is 40.9 Å². The molecule has 0 N–H and O–H groups in total. The monoisotopic (exact) mass is 461 g/mol. The molecule has 2 aromatic carbocycles. The predicted octanol–water partition coefficient (Wildman–Crippen LogP) is 4.60. The van der Waals surface area contributed by atoms with Gasteiger partial charge in [-0.15, -0.1) is 0 Å². The lowest BCUT2D eigenvalue weighted by Gasteiger charge is -2.32.